The minimum atomic E-state index is -4.84. The zero-order valence-corrected chi connectivity index (χ0v) is 9.40. The molecule has 0 aliphatic heterocycles. The van der Waals surface area contributed by atoms with Crippen LogP contribution >= 0.6 is 0 Å². The van der Waals surface area contributed by atoms with Gasteiger partial charge in [-0.3, -0.25) is 14.1 Å². The Morgan fingerprint density at radius 2 is 1.62 bits per heavy atom. The average Bonchev–Trinajstić information content (AvgIpc) is 1.79. The SMILES string of the molecule is O=C(O)CC(C(=O)O)S(=O)(=O)O.[Ca]. The molecule has 2 radical (unpaired) electrons. The molecule has 0 aromatic rings. The van der Waals surface area contributed by atoms with E-state index in [1.54, 1.807) is 0 Å². The van der Waals surface area contributed by atoms with Crippen LogP contribution in [0.3, 0.4) is 0 Å². The van der Waals surface area contributed by atoms with Gasteiger partial charge in [-0.2, -0.15) is 8.42 Å². The summed E-state index contributed by atoms with van der Waals surface area (Å²) in [6.45, 7) is 0. The number of rotatable bonds is 4. The van der Waals surface area contributed by atoms with Crippen LogP contribution in [0, 0.1) is 0 Å². The first kappa shape index (κ1) is 15.6. The molecule has 0 aliphatic carbocycles. The van der Waals surface area contributed by atoms with Gasteiger partial charge in [0, 0.05) is 37.7 Å². The molecule has 0 heterocycles. The van der Waals surface area contributed by atoms with Crippen molar-refractivity contribution in [2.45, 2.75) is 11.7 Å². The Morgan fingerprint density at radius 1 is 1.23 bits per heavy atom. The predicted molar refractivity (Wildman–Crippen MR) is 41.0 cm³/mol. The minimum absolute atomic E-state index is 0. The van der Waals surface area contributed by atoms with E-state index in [2.05, 4.69) is 0 Å². The topological polar surface area (TPSA) is 129 Å². The van der Waals surface area contributed by atoms with Gasteiger partial charge in [0.25, 0.3) is 10.1 Å². The zero-order chi connectivity index (χ0) is 9.94. The number of aliphatic carboxylic acids is 2. The van der Waals surface area contributed by atoms with Crippen LogP contribution in [0.5, 0.6) is 0 Å². The molecule has 0 aliphatic rings. The first-order valence-electron chi connectivity index (χ1n) is 2.66. The molecule has 1 atom stereocenters. The Bertz CT molecular complexity index is 294. The van der Waals surface area contributed by atoms with Crippen LogP contribution in [-0.2, 0) is 19.7 Å². The Balaban J connectivity index is 0. The van der Waals surface area contributed by atoms with E-state index >= 15 is 0 Å². The van der Waals surface area contributed by atoms with Crippen molar-refractivity contribution in [2.75, 3.05) is 0 Å². The van der Waals surface area contributed by atoms with Crippen molar-refractivity contribution in [1.82, 2.24) is 0 Å². The summed E-state index contributed by atoms with van der Waals surface area (Å²) in [4.78, 5) is 20.0. The fraction of sp³-hybridized carbons (Fsp3) is 0.500. The molecule has 72 valence electrons. The van der Waals surface area contributed by atoms with Gasteiger partial charge < -0.3 is 10.2 Å². The molecule has 7 nitrogen and oxygen atoms in total. The first-order chi connectivity index (χ1) is 5.25. The van der Waals surface area contributed by atoms with Crippen molar-refractivity contribution < 1.29 is 32.8 Å². The van der Waals surface area contributed by atoms with Crippen LogP contribution in [-0.4, -0.2) is 78.1 Å². The van der Waals surface area contributed by atoms with Crippen molar-refractivity contribution in [3.05, 3.63) is 0 Å². The Kier molecular flexibility index (Phi) is 6.90. The van der Waals surface area contributed by atoms with E-state index in [4.69, 9.17) is 14.8 Å². The van der Waals surface area contributed by atoms with Crippen molar-refractivity contribution in [3.63, 3.8) is 0 Å². The van der Waals surface area contributed by atoms with Crippen LogP contribution in [0.25, 0.3) is 0 Å². The van der Waals surface area contributed by atoms with E-state index in [0.29, 0.717) is 0 Å². The summed E-state index contributed by atoms with van der Waals surface area (Å²) in [6.07, 6.45) is -1.16. The second-order valence-corrected chi connectivity index (χ2v) is 3.54. The summed E-state index contributed by atoms with van der Waals surface area (Å²) in [6, 6.07) is 0. The molecule has 0 aromatic heterocycles. The van der Waals surface area contributed by atoms with E-state index in [1.807, 2.05) is 0 Å². The number of carbonyl (C=O) groups is 2. The van der Waals surface area contributed by atoms with Gasteiger partial charge in [0.2, 0.25) is 0 Å². The maximum Gasteiger partial charge on any atom is 0.325 e. The van der Waals surface area contributed by atoms with Crippen LogP contribution in [0.4, 0.5) is 0 Å². The molecule has 0 aromatic carbocycles. The van der Waals surface area contributed by atoms with Gasteiger partial charge in [0.15, 0.2) is 5.25 Å². The average molecular weight is 238 g/mol. The molecule has 0 saturated heterocycles. The molecule has 0 amide bonds. The fourth-order valence-corrected chi connectivity index (χ4v) is 1.09. The van der Waals surface area contributed by atoms with Crippen LogP contribution < -0.4 is 0 Å². The normalized spacial score (nSPS) is 12.7. The van der Waals surface area contributed by atoms with Gasteiger partial charge in [-0.1, -0.05) is 0 Å². The minimum Gasteiger partial charge on any atom is -0.481 e. The van der Waals surface area contributed by atoms with E-state index in [1.165, 1.54) is 0 Å². The molecule has 0 bridgehead atoms. The number of hydrogen-bond acceptors (Lipinski definition) is 4. The molecular formula is C4H6CaO7S. The van der Waals surface area contributed by atoms with Crippen LogP contribution in [0.2, 0.25) is 0 Å². The largest absolute Gasteiger partial charge is 0.481 e. The summed E-state index contributed by atoms with van der Waals surface area (Å²) in [5.74, 6) is -3.50. The number of carboxylic acids is 2. The standard InChI is InChI=1S/C4H6O7S.Ca/c5-3(6)1-2(4(7)8)12(9,10)11;/h2H,1H2,(H,5,6)(H,7,8)(H,9,10,11);. The second kappa shape index (κ2) is 5.76. The maximum atomic E-state index is 10.2. The van der Waals surface area contributed by atoms with Gasteiger partial charge in [0.1, 0.15) is 0 Å². The molecule has 13 heavy (non-hydrogen) atoms. The third-order valence-electron chi connectivity index (χ3n) is 0.995. The number of carboxylic acid groups (broad SMARTS) is 2. The molecule has 3 N–H and O–H groups in total. The van der Waals surface area contributed by atoms with Crippen molar-refractivity contribution in [2.24, 2.45) is 0 Å². The zero-order valence-electron chi connectivity index (χ0n) is 6.37. The molecule has 1 unspecified atom stereocenters. The van der Waals surface area contributed by atoms with Gasteiger partial charge in [-0.15, -0.1) is 0 Å². The van der Waals surface area contributed by atoms with Gasteiger partial charge in [0.05, 0.1) is 6.42 Å². The molecule has 0 saturated carbocycles. The monoisotopic (exact) mass is 238 g/mol. The molecule has 9 heteroatoms. The molecule has 0 spiro atoms. The van der Waals surface area contributed by atoms with Crippen molar-refractivity contribution >= 4 is 59.8 Å². The number of hydrogen-bond donors (Lipinski definition) is 3. The summed E-state index contributed by atoms with van der Waals surface area (Å²) in [5, 5.41) is 13.9. The van der Waals surface area contributed by atoms with Gasteiger partial charge in [-0.05, 0) is 0 Å². The third kappa shape index (κ3) is 6.22. The molecule has 0 rings (SSSR count). The summed E-state index contributed by atoms with van der Waals surface area (Å²) in [5.41, 5.74) is 0. The van der Waals surface area contributed by atoms with E-state index < -0.39 is 33.7 Å². The van der Waals surface area contributed by atoms with E-state index in [0.717, 1.165) is 0 Å². The molecule has 0 fully saturated rings. The predicted octanol–water partition coefficient (Wildman–Crippen LogP) is -1.58. The Morgan fingerprint density at radius 3 is 1.69 bits per heavy atom. The van der Waals surface area contributed by atoms with Gasteiger partial charge >= 0.3 is 11.9 Å². The van der Waals surface area contributed by atoms with E-state index in [-0.39, 0.29) is 37.7 Å². The third-order valence-corrected chi connectivity index (χ3v) is 2.08. The van der Waals surface area contributed by atoms with E-state index in [9.17, 15) is 18.0 Å². The van der Waals surface area contributed by atoms with Crippen molar-refractivity contribution in [3.8, 4) is 0 Å². The quantitative estimate of drug-likeness (QED) is 0.398. The van der Waals surface area contributed by atoms with Crippen LogP contribution in [0.1, 0.15) is 6.42 Å². The Hall–Kier alpha value is 0.110. The van der Waals surface area contributed by atoms with Crippen LogP contribution in [0.15, 0.2) is 0 Å². The molecular weight excluding hydrogens is 232 g/mol. The van der Waals surface area contributed by atoms with Gasteiger partial charge in [-0.25, -0.2) is 0 Å². The van der Waals surface area contributed by atoms with Crippen molar-refractivity contribution in [1.29, 1.82) is 0 Å². The smallest absolute Gasteiger partial charge is 0.325 e. The maximum absolute atomic E-state index is 10.2. The summed E-state index contributed by atoms with van der Waals surface area (Å²) in [7, 11) is -4.84. The summed E-state index contributed by atoms with van der Waals surface area (Å²) >= 11 is 0. The first-order valence-corrected chi connectivity index (χ1v) is 4.16. The Labute approximate surface area is 103 Å². The second-order valence-electron chi connectivity index (χ2n) is 1.94. The summed E-state index contributed by atoms with van der Waals surface area (Å²) < 4.78 is 28.7. The fourth-order valence-electron chi connectivity index (χ4n) is 0.479.